The lowest BCUT2D eigenvalue weighted by Gasteiger charge is -2.42. The summed E-state index contributed by atoms with van der Waals surface area (Å²) in [6.45, 7) is 9.52. The number of carbonyl (C=O) groups excluding carboxylic acids is 2. The highest BCUT2D eigenvalue weighted by Gasteiger charge is 2.32. The molecule has 26 heavy (non-hydrogen) atoms. The molecule has 1 saturated heterocycles. The van der Waals surface area contributed by atoms with Crippen LogP contribution in [0, 0.1) is 0 Å². The number of nitrogens with zero attached hydrogens (tertiary/aromatic N) is 2. The van der Waals surface area contributed by atoms with Gasteiger partial charge in [-0.1, -0.05) is 12.1 Å². The Balaban J connectivity index is 2.05. The molecule has 1 fully saturated rings. The Morgan fingerprint density at radius 1 is 1.27 bits per heavy atom. The van der Waals surface area contributed by atoms with Gasteiger partial charge in [0.15, 0.2) is 5.11 Å². The highest BCUT2D eigenvalue weighted by atomic mass is 32.1. The molecule has 1 aromatic rings. The van der Waals surface area contributed by atoms with Crippen LogP contribution >= 0.6 is 12.2 Å². The third-order valence-electron chi connectivity index (χ3n) is 4.93. The van der Waals surface area contributed by atoms with Crippen LogP contribution in [0.3, 0.4) is 0 Å². The average molecular weight is 369 g/mol. The van der Waals surface area contributed by atoms with Crippen LogP contribution in [-0.4, -0.2) is 41.0 Å². The summed E-state index contributed by atoms with van der Waals surface area (Å²) < 4.78 is 0. The normalized spacial score (nSPS) is 20.9. The molecule has 3 rings (SSSR count). The van der Waals surface area contributed by atoms with Crippen LogP contribution in [0.2, 0.25) is 0 Å². The van der Waals surface area contributed by atoms with Crippen LogP contribution in [0.25, 0.3) is 11.6 Å². The lowest BCUT2D eigenvalue weighted by Crippen LogP contribution is -2.52. The van der Waals surface area contributed by atoms with E-state index in [1.165, 1.54) is 10.5 Å². The van der Waals surface area contributed by atoms with Gasteiger partial charge in [0, 0.05) is 24.8 Å². The van der Waals surface area contributed by atoms with Crippen molar-refractivity contribution in [2.24, 2.45) is 0 Å². The molecule has 0 saturated carbocycles. The molecule has 2 amide bonds. The van der Waals surface area contributed by atoms with Crippen molar-refractivity contribution in [2.45, 2.75) is 33.2 Å². The maximum Gasteiger partial charge on any atom is 0.265 e. The second-order valence-electron chi connectivity index (χ2n) is 7.18. The summed E-state index contributed by atoms with van der Waals surface area (Å²) >= 11 is 4.98. The summed E-state index contributed by atoms with van der Waals surface area (Å²) in [6.07, 6.45) is 3.87. The monoisotopic (exact) mass is 369 g/mol. The largest absolute Gasteiger partial charge is 0.363 e. The molecule has 0 aromatic heterocycles. The zero-order valence-electron chi connectivity index (χ0n) is 15.7. The molecule has 2 aliphatic rings. The molecule has 6 heteroatoms. The van der Waals surface area contributed by atoms with E-state index >= 15 is 0 Å². The van der Waals surface area contributed by atoms with E-state index in [0.717, 1.165) is 23.4 Å². The van der Waals surface area contributed by atoms with E-state index in [1.54, 1.807) is 13.1 Å². The molecule has 0 bridgehead atoms. The molecule has 1 N–H and O–H groups in total. The number of nitrogens with one attached hydrogen (secondary N) is 1. The Morgan fingerprint density at radius 2 is 1.96 bits per heavy atom. The number of thiocarbonyl (C=S) groups is 1. The van der Waals surface area contributed by atoms with E-state index in [9.17, 15) is 9.59 Å². The number of hydrogen-bond acceptors (Lipinski definition) is 4. The first-order chi connectivity index (χ1) is 12.2. The number of fused-ring (bicyclic) bond motifs is 1. The van der Waals surface area contributed by atoms with E-state index in [-0.39, 0.29) is 22.1 Å². The SMILES string of the molecule is CCN1c2ccc(/C=C3/C(=O)NC(=S)N(C)C3=O)cc2C(C)=CC1(C)C. The molecule has 5 nitrogen and oxygen atoms in total. The molecule has 136 valence electrons. The molecule has 0 radical (unpaired) electrons. The maximum absolute atomic E-state index is 12.4. The number of benzene rings is 1. The van der Waals surface area contributed by atoms with Gasteiger partial charge in [0.25, 0.3) is 11.8 Å². The fraction of sp³-hybridized carbons (Fsp3) is 0.350. The molecular weight excluding hydrogens is 346 g/mol. The van der Waals surface area contributed by atoms with Crippen LogP contribution in [0.1, 0.15) is 38.8 Å². The van der Waals surface area contributed by atoms with Crippen LogP contribution in [0.15, 0.2) is 29.8 Å². The predicted octanol–water partition coefficient (Wildman–Crippen LogP) is 2.96. The molecular formula is C20H23N3O2S. The van der Waals surface area contributed by atoms with Gasteiger partial charge in [0.2, 0.25) is 0 Å². The zero-order valence-corrected chi connectivity index (χ0v) is 16.5. The minimum absolute atomic E-state index is 0.0521. The highest BCUT2D eigenvalue weighted by molar-refractivity contribution is 7.80. The van der Waals surface area contributed by atoms with Gasteiger partial charge in [-0.05, 0) is 69.3 Å². The quantitative estimate of drug-likeness (QED) is 0.495. The molecule has 2 aliphatic heterocycles. The van der Waals surface area contributed by atoms with Crippen molar-refractivity contribution in [1.82, 2.24) is 10.2 Å². The van der Waals surface area contributed by atoms with E-state index in [1.807, 2.05) is 12.1 Å². The van der Waals surface area contributed by atoms with Crippen molar-refractivity contribution in [3.05, 3.63) is 41.0 Å². The Bertz CT molecular complexity index is 883. The van der Waals surface area contributed by atoms with Gasteiger partial charge in [-0.15, -0.1) is 0 Å². The van der Waals surface area contributed by atoms with Crippen molar-refractivity contribution in [3.8, 4) is 0 Å². The second-order valence-corrected chi connectivity index (χ2v) is 7.57. The van der Waals surface area contributed by atoms with Gasteiger partial charge in [0.05, 0.1) is 5.54 Å². The average Bonchev–Trinajstić information content (AvgIpc) is 2.57. The van der Waals surface area contributed by atoms with Gasteiger partial charge in [-0.2, -0.15) is 0 Å². The van der Waals surface area contributed by atoms with E-state index < -0.39 is 5.91 Å². The Kier molecular flexibility index (Phi) is 4.48. The van der Waals surface area contributed by atoms with E-state index in [4.69, 9.17) is 12.2 Å². The first-order valence-electron chi connectivity index (χ1n) is 8.62. The standard InChI is InChI=1S/C20H23N3O2S/c1-6-23-16-8-7-13(9-14(16)12(2)11-20(23,3)4)10-15-17(24)21-19(26)22(5)18(15)25/h7-11H,6H2,1-5H3,(H,21,24,26)/b15-10-. The van der Waals surface area contributed by atoms with Gasteiger partial charge >= 0.3 is 0 Å². The number of anilines is 1. The summed E-state index contributed by atoms with van der Waals surface area (Å²) in [5.41, 5.74) is 4.32. The minimum Gasteiger partial charge on any atom is -0.363 e. The molecule has 0 spiro atoms. The molecule has 1 aromatic carbocycles. The number of rotatable bonds is 2. The third-order valence-corrected chi connectivity index (χ3v) is 5.31. The maximum atomic E-state index is 12.4. The zero-order chi connectivity index (χ0) is 19.2. The summed E-state index contributed by atoms with van der Waals surface area (Å²) in [4.78, 5) is 28.2. The van der Waals surface area contributed by atoms with Gasteiger partial charge in [-0.3, -0.25) is 19.8 Å². The predicted molar refractivity (Wildman–Crippen MR) is 109 cm³/mol. The number of likely N-dealkylation sites (N-methyl/N-ethyl adjacent to an activating group) is 2. The van der Waals surface area contributed by atoms with Crippen molar-refractivity contribution < 1.29 is 9.59 Å². The fourth-order valence-electron chi connectivity index (χ4n) is 3.68. The summed E-state index contributed by atoms with van der Waals surface area (Å²) in [5, 5.41) is 2.66. The highest BCUT2D eigenvalue weighted by Crippen LogP contribution is 2.39. The second kappa shape index (κ2) is 6.36. The number of hydrogen-bond donors (Lipinski definition) is 1. The summed E-state index contributed by atoms with van der Waals surface area (Å²) in [6, 6.07) is 6.03. The molecule has 2 heterocycles. The van der Waals surface area contributed by atoms with Gasteiger partial charge in [-0.25, -0.2) is 0 Å². The van der Waals surface area contributed by atoms with Crippen LogP contribution in [0.5, 0.6) is 0 Å². The number of allylic oxidation sites excluding steroid dienone is 1. The Morgan fingerprint density at radius 3 is 2.62 bits per heavy atom. The van der Waals surface area contributed by atoms with Gasteiger partial charge in [0.1, 0.15) is 5.57 Å². The Labute approximate surface area is 159 Å². The van der Waals surface area contributed by atoms with Gasteiger partial charge < -0.3 is 4.90 Å². The smallest absolute Gasteiger partial charge is 0.265 e. The van der Waals surface area contributed by atoms with Crippen molar-refractivity contribution in [1.29, 1.82) is 0 Å². The van der Waals surface area contributed by atoms with Crippen LogP contribution in [0.4, 0.5) is 5.69 Å². The lowest BCUT2D eigenvalue weighted by molar-refractivity contribution is -0.128. The van der Waals surface area contributed by atoms with Crippen LogP contribution in [-0.2, 0) is 9.59 Å². The van der Waals surface area contributed by atoms with Crippen molar-refractivity contribution in [3.63, 3.8) is 0 Å². The molecule has 0 atom stereocenters. The minimum atomic E-state index is -0.459. The third kappa shape index (κ3) is 2.94. The van der Waals surface area contributed by atoms with E-state index in [2.05, 4.69) is 50.1 Å². The fourth-order valence-corrected chi connectivity index (χ4v) is 3.86. The summed E-state index contributed by atoms with van der Waals surface area (Å²) in [7, 11) is 1.55. The van der Waals surface area contributed by atoms with Crippen LogP contribution < -0.4 is 10.2 Å². The molecule has 0 unspecified atom stereocenters. The number of amides is 2. The van der Waals surface area contributed by atoms with Crippen molar-refractivity contribution >= 4 is 46.5 Å². The first-order valence-corrected chi connectivity index (χ1v) is 9.03. The van der Waals surface area contributed by atoms with Crippen molar-refractivity contribution in [2.75, 3.05) is 18.5 Å². The first kappa shape index (κ1) is 18.3. The number of carbonyl (C=O) groups is 2. The molecule has 0 aliphatic carbocycles. The lowest BCUT2D eigenvalue weighted by atomic mass is 9.88. The van der Waals surface area contributed by atoms with E-state index in [0.29, 0.717) is 0 Å². The Hall–Kier alpha value is -2.47. The summed E-state index contributed by atoms with van der Waals surface area (Å²) in [5.74, 6) is -0.848. The topological polar surface area (TPSA) is 52.7 Å².